The average Bonchev–Trinajstić information content (AvgIpc) is 2.80. The molecule has 3 aromatic carbocycles. The molecular weight excluding hydrogens is 380 g/mol. The molecule has 0 amide bonds. The summed E-state index contributed by atoms with van der Waals surface area (Å²) in [6.45, 7) is 4.15. The molecule has 0 radical (unpaired) electrons. The fourth-order valence-corrected chi connectivity index (χ4v) is 2.96. The van der Waals surface area contributed by atoms with E-state index in [9.17, 15) is 4.79 Å². The van der Waals surface area contributed by atoms with Gasteiger partial charge in [0.05, 0.1) is 12.5 Å². The van der Waals surface area contributed by atoms with Crippen molar-refractivity contribution in [2.45, 2.75) is 6.61 Å². The lowest BCUT2D eigenvalue weighted by Gasteiger charge is -2.09. The predicted molar refractivity (Wildman–Crippen MR) is 116 cm³/mol. The van der Waals surface area contributed by atoms with Gasteiger partial charge < -0.3 is 18.6 Å². The Morgan fingerprint density at radius 3 is 2.53 bits per heavy atom. The molecule has 1 aromatic heterocycles. The highest BCUT2D eigenvalue weighted by Gasteiger charge is 2.11. The third kappa shape index (κ3) is 4.20. The minimum Gasteiger partial charge on any atom is -0.497 e. The molecule has 0 saturated carbocycles. The van der Waals surface area contributed by atoms with Crippen LogP contribution in [0.5, 0.6) is 23.0 Å². The lowest BCUT2D eigenvalue weighted by Crippen LogP contribution is -2.05. The maximum absolute atomic E-state index is 12.8. The molecule has 1 heterocycles. The number of rotatable bonds is 7. The molecule has 0 bridgehead atoms. The highest BCUT2D eigenvalue weighted by molar-refractivity contribution is 5.79. The largest absolute Gasteiger partial charge is 0.497 e. The second kappa shape index (κ2) is 8.57. The summed E-state index contributed by atoms with van der Waals surface area (Å²) in [5, 5.41) is 0.415. The Balaban J connectivity index is 1.52. The maximum Gasteiger partial charge on any atom is 0.235 e. The van der Waals surface area contributed by atoms with Crippen LogP contribution in [0.25, 0.3) is 17.0 Å². The minimum absolute atomic E-state index is 0.103. The van der Waals surface area contributed by atoms with Gasteiger partial charge in [0, 0.05) is 12.1 Å². The molecule has 4 rings (SSSR count). The van der Waals surface area contributed by atoms with Crippen molar-refractivity contribution in [3.05, 3.63) is 101 Å². The van der Waals surface area contributed by atoms with Gasteiger partial charge in [0.2, 0.25) is 11.2 Å². The van der Waals surface area contributed by atoms with Crippen molar-refractivity contribution >= 4 is 17.0 Å². The number of hydrogen-bond acceptors (Lipinski definition) is 5. The third-order valence-corrected chi connectivity index (χ3v) is 4.60. The summed E-state index contributed by atoms with van der Waals surface area (Å²) in [5.74, 6) is 1.84. The first kappa shape index (κ1) is 19.3. The van der Waals surface area contributed by atoms with Crippen molar-refractivity contribution in [2.75, 3.05) is 7.11 Å². The van der Waals surface area contributed by atoms with Gasteiger partial charge in [-0.25, -0.2) is 0 Å². The summed E-state index contributed by atoms with van der Waals surface area (Å²) in [6.07, 6.45) is 3.10. The van der Waals surface area contributed by atoms with E-state index in [4.69, 9.17) is 18.6 Å². The van der Waals surface area contributed by atoms with Crippen molar-refractivity contribution in [3.63, 3.8) is 0 Å². The average molecular weight is 400 g/mol. The Bertz CT molecular complexity index is 1240. The molecule has 0 atom stereocenters. The van der Waals surface area contributed by atoms with Crippen LogP contribution in [0.1, 0.15) is 11.1 Å². The molecule has 0 saturated heterocycles. The van der Waals surface area contributed by atoms with Crippen molar-refractivity contribution < 1.29 is 18.6 Å². The second-order valence-electron chi connectivity index (χ2n) is 6.60. The Morgan fingerprint density at radius 2 is 1.77 bits per heavy atom. The van der Waals surface area contributed by atoms with E-state index in [2.05, 4.69) is 6.58 Å². The van der Waals surface area contributed by atoms with E-state index < -0.39 is 0 Å². The third-order valence-electron chi connectivity index (χ3n) is 4.60. The number of ether oxygens (including phenoxy) is 3. The van der Waals surface area contributed by atoms with Crippen LogP contribution in [0.3, 0.4) is 0 Å². The lowest BCUT2D eigenvalue weighted by atomic mass is 10.1. The van der Waals surface area contributed by atoms with E-state index in [1.54, 1.807) is 55.7 Å². The first-order chi connectivity index (χ1) is 14.7. The number of benzene rings is 3. The van der Waals surface area contributed by atoms with E-state index in [1.165, 1.54) is 6.26 Å². The molecular formula is C25H20O5. The molecule has 0 unspecified atom stereocenters. The van der Waals surface area contributed by atoms with Crippen LogP contribution in [0.15, 0.2) is 88.8 Å². The number of hydrogen-bond donors (Lipinski definition) is 0. The molecule has 0 aliphatic carbocycles. The minimum atomic E-state index is -0.259. The molecule has 0 N–H and O–H groups in total. The molecule has 4 aromatic rings. The summed E-state index contributed by atoms with van der Waals surface area (Å²) < 4.78 is 22.3. The van der Waals surface area contributed by atoms with Gasteiger partial charge in [-0.3, -0.25) is 4.79 Å². The fourth-order valence-electron chi connectivity index (χ4n) is 2.96. The molecule has 30 heavy (non-hydrogen) atoms. The van der Waals surface area contributed by atoms with E-state index >= 15 is 0 Å². The van der Waals surface area contributed by atoms with E-state index in [1.807, 2.05) is 24.3 Å². The van der Waals surface area contributed by atoms with Gasteiger partial charge >= 0.3 is 0 Å². The van der Waals surface area contributed by atoms with Crippen LogP contribution in [-0.4, -0.2) is 7.11 Å². The Morgan fingerprint density at radius 1 is 0.967 bits per heavy atom. The maximum atomic E-state index is 12.8. The van der Waals surface area contributed by atoms with Gasteiger partial charge in [0.1, 0.15) is 35.7 Å². The van der Waals surface area contributed by atoms with Crippen LogP contribution >= 0.6 is 0 Å². The lowest BCUT2D eigenvalue weighted by molar-refractivity contribution is 0.306. The molecule has 0 spiro atoms. The smallest absolute Gasteiger partial charge is 0.235 e. The molecule has 0 aliphatic heterocycles. The molecule has 0 fully saturated rings. The first-order valence-corrected chi connectivity index (χ1v) is 9.38. The van der Waals surface area contributed by atoms with Crippen molar-refractivity contribution in [2.24, 2.45) is 0 Å². The van der Waals surface area contributed by atoms with Crippen LogP contribution in [0.4, 0.5) is 0 Å². The second-order valence-corrected chi connectivity index (χ2v) is 6.60. The molecule has 0 aliphatic rings. The monoisotopic (exact) mass is 400 g/mol. The zero-order chi connectivity index (χ0) is 20.9. The van der Waals surface area contributed by atoms with Gasteiger partial charge in [-0.1, -0.05) is 43.0 Å². The van der Waals surface area contributed by atoms with Crippen LogP contribution in [0.2, 0.25) is 0 Å². The van der Waals surface area contributed by atoms with Crippen LogP contribution in [-0.2, 0) is 6.61 Å². The zero-order valence-corrected chi connectivity index (χ0v) is 16.5. The predicted octanol–water partition coefficient (Wildman–Crippen LogP) is 5.82. The molecule has 5 nitrogen and oxygen atoms in total. The fraction of sp³-hybridized carbons (Fsp3) is 0.0800. The topological polar surface area (TPSA) is 57.9 Å². The Hall–Kier alpha value is -3.99. The summed E-state index contributed by atoms with van der Waals surface area (Å²) in [6, 6.07) is 20.1. The van der Waals surface area contributed by atoms with Crippen LogP contribution < -0.4 is 19.6 Å². The SMILES string of the molecule is C=Cc1ccc(COc2ccc3c(=O)c(Oc4cccc(OC)c4)coc3c2)cc1. The first-order valence-electron chi connectivity index (χ1n) is 9.38. The van der Waals surface area contributed by atoms with Crippen LogP contribution in [0, 0.1) is 0 Å². The quantitative estimate of drug-likeness (QED) is 0.391. The van der Waals surface area contributed by atoms with E-state index in [0.717, 1.165) is 11.1 Å². The summed E-state index contributed by atoms with van der Waals surface area (Å²) in [7, 11) is 1.57. The number of methoxy groups -OCH3 is 1. The molecule has 150 valence electrons. The van der Waals surface area contributed by atoms with Gasteiger partial charge in [0.25, 0.3) is 0 Å². The van der Waals surface area contributed by atoms with E-state index in [0.29, 0.717) is 34.8 Å². The molecule has 5 heteroatoms. The Kier molecular flexibility index (Phi) is 5.52. The van der Waals surface area contributed by atoms with Gasteiger partial charge in [-0.05, 0) is 35.4 Å². The normalized spacial score (nSPS) is 10.6. The van der Waals surface area contributed by atoms with Crippen molar-refractivity contribution in [1.82, 2.24) is 0 Å². The van der Waals surface area contributed by atoms with Crippen molar-refractivity contribution in [1.29, 1.82) is 0 Å². The summed E-state index contributed by atoms with van der Waals surface area (Å²) in [5.41, 5.74) is 2.26. The zero-order valence-electron chi connectivity index (χ0n) is 16.5. The van der Waals surface area contributed by atoms with Gasteiger partial charge in [-0.15, -0.1) is 0 Å². The standard InChI is InChI=1S/C25H20O5/c1-3-17-7-9-18(10-8-17)15-28-20-11-12-22-23(14-20)29-16-24(25(22)26)30-21-6-4-5-19(13-21)27-2/h3-14,16H,1,15H2,2H3. The Labute approximate surface area is 173 Å². The number of fused-ring (bicyclic) bond motifs is 1. The van der Waals surface area contributed by atoms with E-state index in [-0.39, 0.29) is 11.2 Å². The highest BCUT2D eigenvalue weighted by Crippen LogP contribution is 2.26. The van der Waals surface area contributed by atoms with Gasteiger partial charge in [0.15, 0.2) is 0 Å². The van der Waals surface area contributed by atoms with Gasteiger partial charge in [-0.2, -0.15) is 0 Å². The highest BCUT2D eigenvalue weighted by atomic mass is 16.5. The summed E-state index contributed by atoms with van der Waals surface area (Å²) >= 11 is 0. The van der Waals surface area contributed by atoms with Crippen molar-refractivity contribution in [3.8, 4) is 23.0 Å². The summed E-state index contributed by atoms with van der Waals surface area (Å²) in [4.78, 5) is 12.8.